The lowest BCUT2D eigenvalue weighted by Gasteiger charge is -1.94. The molecule has 5 nitrogen and oxygen atoms in total. The van der Waals surface area contributed by atoms with E-state index in [4.69, 9.17) is 4.42 Å². The first-order chi connectivity index (χ1) is 9.04. The number of carbonyl (C=O) groups excluding carboxylic acids is 2. The molecule has 0 radical (unpaired) electrons. The van der Waals surface area contributed by atoms with Crippen molar-refractivity contribution in [3.8, 4) is 0 Å². The number of hydrogen-bond donors (Lipinski definition) is 1. The Morgan fingerprint density at radius 2 is 2.21 bits per heavy atom. The van der Waals surface area contributed by atoms with E-state index in [0.29, 0.717) is 16.6 Å². The number of ketones is 1. The number of furan rings is 1. The highest BCUT2D eigenvalue weighted by Gasteiger charge is 2.07. The molecule has 2 heterocycles. The summed E-state index contributed by atoms with van der Waals surface area (Å²) in [6.45, 7) is 3.26. The van der Waals surface area contributed by atoms with Crippen LogP contribution in [0.5, 0.6) is 0 Å². The molecular weight excluding hydrogens is 264 g/mol. The molecule has 0 unspecified atom stereocenters. The second kappa shape index (κ2) is 5.62. The molecule has 0 saturated carbocycles. The Balaban J connectivity index is 1.97. The van der Waals surface area contributed by atoms with Crippen LogP contribution in [0, 0.1) is 6.92 Å². The van der Waals surface area contributed by atoms with Crippen LogP contribution in [0.3, 0.4) is 0 Å². The monoisotopic (exact) mass is 276 g/mol. The highest BCUT2D eigenvalue weighted by Crippen LogP contribution is 2.16. The Labute approximate surface area is 114 Å². The van der Waals surface area contributed by atoms with Gasteiger partial charge >= 0.3 is 0 Å². The molecule has 0 spiro atoms. The van der Waals surface area contributed by atoms with Crippen LogP contribution < -0.4 is 5.32 Å². The fraction of sp³-hybridized carbons (Fsp3) is 0.154. The molecule has 0 bridgehead atoms. The van der Waals surface area contributed by atoms with Gasteiger partial charge in [-0.2, -0.15) is 0 Å². The number of carbonyl (C=O) groups is 2. The number of thiazole rings is 1. The van der Waals surface area contributed by atoms with E-state index in [1.807, 2.05) is 13.0 Å². The van der Waals surface area contributed by atoms with Crippen LogP contribution in [0.25, 0.3) is 6.08 Å². The summed E-state index contributed by atoms with van der Waals surface area (Å²) in [5.74, 6) is 0.944. The van der Waals surface area contributed by atoms with Crippen LogP contribution in [0.15, 0.2) is 28.0 Å². The van der Waals surface area contributed by atoms with Gasteiger partial charge in [-0.1, -0.05) is 0 Å². The van der Waals surface area contributed by atoms with Crippen molar-refractivity contribution >= 4 is 34.2 Å². The van der Waals surface area contributed by atoms with Crippen LogP contribution in [0.2, 0.25) is 0 Å². The van der Waals surface area contributed by atoms with E-state index in [1.165, 1.54) is 24.3 Å². The van der Waals surface area contributed by atoms with Crippen molar-refractivity contribution < 1.29 is 14.0 Å². The third kappa shape index (κ3) is 3.62. The zero-order chi connectivity index (χ0) is 13.8. The molecule has 19 heavy (non-hydrogen) atoms. The van der Waals surface area contributed by atoms with Crippen molar-refractivity contribution in [2.75, 3.05) is 5.32 Å². The van der Waals surface area contributed by atoms with Crippen molar-refractivity contribution in [1.82, 2.24) is 4.98 Å². The Hall–Kier alpha value is -2.21. The van der Waals surface area contributed by atoms with Gasteiger partial charge in [0.1, 0.15) is 17.2 Å². The van der Waals surface area contributed by atoms with Crippen LogP contribution in [-0.4, -0.2) is 16.7 Å². The second-order valence-corrected chi connectivity index (χ2v) is 4.72. The summed E-state index contributed by atoms with van der Waals surface area (Å²) >= 11 is 1.21. The Morgan fingerprint density at radius 1 is 1.42 bits per heavy atom. The molecule has 0 aliphatic rings. The molecule has 0 fully saturated rings. The molecule has 0 saturated heterocycles. The maximum atomic E-state index is 11.6. The predicted molar refractivity (Wildman–Crippen MR) is 73.2 cm³/mol. The van der Waals surface area contributed by atoms with Gasteiger partial charge in [-0.3, -0.25) is 14.9 Å². The molecule has 6 heteroatoms. The van der Waals surface area contributed by atoms with Crippen molar-refractivity contribution in [3.63, 3.8) is 0 Å². The number of nitrogens with one attached hydrogen (secondary N) is 1. The molecule has 98 valence electrons. The molecule has 0 aromatic carbocycles. The zero-order valence-electron chi connectivity index (χ0n) is 10.5. The molecule has 1 amide bonds. The fourth-order valence-corrected chi connectivity index (χ4v) is 2.09. The number of aromatic nitrogens is 1. The molecule has 2 aromatic rings. The average molecular weight is 276 g/mol. The topological polar surface area (TPSA) is 72.2 Å². The first kappa shape index (κ1) is 13.2. The van der Waals surface area contributed by atoms with Crippen LogP contribution in [-0.2, 0) is 4.79 Å². The third-order valence-corrected chi connectivity index (χ3v) is 3.01. The SMILES string of the molecule is CC(=O)c1csc(NC(=O)/C=C/c2ccc(C)o2)n1. The highest BCUT2D eigenvalue weighted by atomic mass is 32.1. The van der Waals surface area contributed by atoms with Gasteiger partial charge in [0.05, 0.1) is 0 Å². The lowest BCUT2D eigenvalue weighted by Crippen LogP contribution is -2.07. The van der Waals surface area contributed by atoms with Gasteiger partial charge in [-0.25, -0.2) is 4.98 Å². The first-order valence-electron chi connectivity index (χ1n) is 5.56. The number of amides is 1. The van der Waals surface area contributed by atoms with Crippen molar-refractivity contribution in [2.24, 2.45) is 0 Å². The lowest BCUT2D eigenvalue weighted by atomic mass is 10.3. The van der Waals surface area contributed by atoms with Crippen molar-refractivity contribution in [2.45, 2.75) is 13.8 Å². The molecule has 0 aliphatic heterocycles. The smallest absolute Gasteiger partial charge is 0.250 e. The van der Waals surface area contributed by atoms with Gasteiger partial charge in [-0.05, 0) is 25.1 Å². The summed E-state index contributed by atoms with van der Waals surface area (Å²) in [5.41, 5.74) is 0.353. The standard InChI is InChI=1S/C13H12N2O3S/c1-8-3-4-10(18-8)5-6-12(17)15-13-14-11(7-19-13)9(2)16/h3-7H,1-2H3,(H,14,15,17)/b6-5+. The summed E-state index contributed by atoms with van der Waals surface area (Å²) in [7, 11) is 0. The van der Waals surface area contributed by atoms with E-state index in [2.05, 4.69) is 10.3 Å². The first-order valence-corrected chi connectivity index (χ1v) is 6.44. The predicted octanol–water partition coefficient (Wildman–Crippen LogP) is 2.90. The Bertz CT molecular complexity index is 640. The number of Topliss-reactive ketones (excluding diaryl/α,β-unsaturated/α-hetero) is 1. The minimum absolute atomic E-state index is 0.127. The van der Waals surface area contributed by atoms with Gasteiger partial charge in [-0.15, -0.1) is 11.3 Å². The van der Waals surface area contributed by atoms with Crippen molar-refractivity contribution in [3.05, 3.63) is 40.8 Å². The van der Waals surface area contributed by atoms with Gasteiger partial charge in [0.2, 0.25) is 5.91 Å². The van der Waals surface area contributed by atoms with Gasteiger partial charge in [0.25, 0.3) is 0 Å². The molecular formula is C13H12N2O3S. The van der Waals surface area contributed by atoms with Gasteiger partial charge in [0, 0.05) is 18.4 Å². The molecule has 1 N–H and O–H groups in total. The van der Waals surface area contributed by atoms with E-state index >= 15 is 0 Å². The summed E-state index contributed by atoms with van der Waals surface area (Å²) in [5, 5.41) is 4.59. The Kier molecular flexibility index (Phi) is 3.91. The summed E-state index contributed by atoms with van der Waals surface area (Å²) in [4.78, 5) is 26.7. The largest absolute Gasteiger partial charge is 0.462 e. The number of aryl methyl sites for hydroxylation is 1. The molecule has 2 aromatic heterocycles. The lowest BCUT2D eigenvalue weighted by molar-refractivity contribution is -0.111. The van der Waals surface area contributed by atoms with Gasteiger partial charge < -0.3 is 4.42 Å². The maximum absolute atomic E-state index is 11.6. The number of rotatable bonds is 4. The number of nitrogens with zero attached hydrogens (tertiary/aromatic N) is 1. The second-order valence-electron chi connectivity index (χ2n) is 3.87. The zero-order valence-corrected chi connectivity index (χ0v) is 11.3. The fourth-order valence-electron chi connectivity index (χ4n) is 1.34. The van der Waals surface area contributed by atoms with E-state index < -0.39 is 0 Å². The quantitative estimate of drug-likeness (QED) is 0.688. The minimum atomic E-state index is -0.321. The van der Waals surface area contributed by atoms with Crippen LogP contribution >= 0.6 is 11.3 Å². The van der Waals surface area contributed by atoms with Crippen LogP contribution in [0.4, 0.5) is 5.13 Å². The van der Waals surface area contributed by atoms with Gasteiger partial charge in [0.15, 0.2) is 10.9 Å². The van der Waals surface area contributed by atoms with E-state index in [9.17, 15) is 9.59 Å². The van der Waals surface area contributed by atoms with Crippen LogP contribution in [0.1, 0.15) is 28.9 Å². The van der Waals surface area contributed by atoms with E-state index in [0.717, 1.165) is 5.76 Å². The summed E-state index contributed by atoms with van der Waals surface area (Å²) in [6, 6.07) is 3.59. The average Bonchev–Trinajstić information content (AvgIpc) is 2.96. The van der Waals surface area contributed by atoms with Crippen molar-refractivity contribution in [1.29, 1.82) is 0 Å². The molecule has 0 aliphatic carbocycles. The van der Waals surface area contributed by atoms with E-state index in [-0.39, 0.29) is 11.7 Å². The normalized spacial score (nSPS) is 10.8. The highest BCUT2D eigenvalue weighted by molar-refractivity contribution is 7.14. The number of hydrogen-bond acceptors (Lipinski definition) is 5. The summed E-state index contributed by atoms with van der Waals surface area (Å²) in [6.07, 6.45) is 2.93. The molecule has 2 rings (SSSR count). The minimum Gasteiger partial charge on any atom is -0.462 e. The number of anilines is 1. The third-order valence-electron chi connectivity index (χ3n) is 2.26. The Morgan fingerprint density at radius 3 is 2.79 bits per heavy atom. The van der Waals surface area contributed by atoms with E-state index in [1.54, 1.807) is 17.5 Å². The maximum Gasteiger partial charge on any atom is 0.250 e. The molecule has 0 atom stereocenters. The summed E-state index contributed by atoms with van der Waals surface area (Å²) < 4.78 is 5.30.